The van der Waals surface area contributed by atoms with E-state index in [-0.39, 0.29) is 11.7 Å². The van der Waals surface area contributed by atoms with E-state index in [0.29, 0.717) is 28.4 Å². The molecule has 0 heterocycles. The number of methoxy groups -OCH3 is 1. The van der Waals surface area contributed by atoms with Crippen molar-refractivity contribution in [3.8, 4) is 23.0 Å². The maximum Gasteiger partial charge on any atom is 0.343 e. The SMILES string of the molecule is COc1ccc(C(C)c2ccc(OC(=O)c3ccc(Oc4ccc(C(C)=O)cc4)cc3)c(C)c2)cc1C. The van der Waals surface area contributed by atoms with Crippen LogP contribution in [0.4, 0.5) is 0 Å². The first-order chi connectivity index (χ1) is 17.7. The zero-order valence-corrected chi connectivity index (χ0v) is 21.7. The van der Waals surface area contributed by atoms with Crippen LogP contribution in [0, 0.1) is 13.8 Å². The van der Waals surface area contributed by atoms with Crippen LogP contribution in [-0.4, -0.2) is 18.9 Å². The molecule has 0 saturated heterocycles. The Morgan fingerprint density at radius 2 is 1.16 bits per heavy atom. The molecule has 0 aliphatic heterocycles. The van der Waals surface area contributed by atoms with Gasteiger partial charge in [-0.1, -0.05) is 31.2 Å². The van der Waals surface area contributed by atoms with Crippen molar-refractivity contribution in [2.75, 3.05) is 7.11 Å². The Kier molecular flexibility index (Phi) is 7.73. The van der Waals surface area contributed by atoms with Crippen LogP contribution < -0.4 is 14.2 Å². The fraction of sp³-hybridized carbons (Fsp3) is 0.188. The number of carbonyl (C=O) groups excluding carboxylic acids is 2. The van der Waals surface area contributed by atoms with Gasteiger partial charge in [0.2, 0.25) is 0 Å². The molecule has 37 heavy (non-hydrogen) atoms. The van der Waals surface area contributed by atoms with Gasteiger partial charge >= 0.3 is 5.97 Å². The smallest absolute Gasteiger partial charge is 0.343 e. The third kappa shape index (κ3) is 6.07. The Bertz CT molecular complexity index is 1420. The second-order valence-electron chi connectivity index (χ2n) is 9.07. The standard InChI is InChI=1S/C32H30O5/c1-20-18-26(10-16-30(20)35-5)22(3)27-11-17-31(21(2)19-27)37-32(34)25-8-14-29(15-9-25)36-28-12-6-24(7-13-28)23(4)33/h6-19,22H,1-5H3. The van der Waals surface area contributed by atoms with E-state index < -0.39 is 5.97 Å². The summed E-state index contributed by atoms with van der Waals surface area (Å²) in [5.41, 5.74) is 5.36. The zero-order chi connectivity index (χ0) is 26.5. The summed E-state index contributed by atoms with van der Waals surface area (Å²) in [6, 6.07) is 25.8. The van der Waals surface area contributed by atoms with Crippen LogP contribution >= 0.6 is 0 Å². The number of ether oxygens (including phenoxy) is 3. The molecule has 5 heteroatoms. The minimum Gasteiger partial charge on any atom is -0.496 e. The Balaban J connectivity index is 1.41. The third-order valence-corrected chi connectivity index (χ3v) is 6.41. The molecule has 5 nitrogen and oxygen atoms in total. The monoisotopic (exact) mass is 494 g/mol. The number of hydrogen-bond acceptors (Lipinski definition) is 5. The number of Topliss-reactive ketones (excluding diaryl/α,β-unsaturated/α-hetero) is 1. The van der Waals surface area contributed by atoms with Crippen molar-refractivity contribution in [2.24, 2.45) is 0 Å². The second-order valence-corrected chi connectivity index (χ2v) is 9.07. The summed E-state index contributed by atoms with van der Waals surface area (Å²) in [4.78, 5) is 24.2. The van der Waals surface area contributed by atoms with Crippen LogP contribution in [0.5, 0.6) is 23.0 Å². The molecule has 0 fully saturated rings. The number of rotatable bonds is 8. The highest BCUT2D eigenvalue weighted by atomic mass is 16.5. The fourth-order valence-corrected chi connectivity index (χ4v) is 4.13. The predicted octanol–water partition coefficient (Wildman–Crippen LogP) is 7.68. The first-order valence-electron chi connectivity index (χ1n) is 12.1. The lowest BCUT2D eigenvalue weighted by Gasteiger charge is -2.16. The van der Waals surface area contributed by atoms with Crippen LogP contribution in [0.2, 0.25) is 0 Å². The number of aryl methyl sites for hydroxylation is 2. The average molecular weight is 495 g/mol. The van der Waals surface area contributed by atoms with E-state index in [9.17, 15) is 9.59 Å². The van der Waals surface area contributed by atoms with E-state index in [4.69, 9.17) is 14.2 Å². The van der Waals surface area contributed by atoms with Gasteiger partial charge in [-0.15, -0.1) is 0 Å². The van der Waals surface area contributed by atoms with Gasteiger partial charge in [0, 0.05) is 11.5 Å². The molecular weight excluding hydrogens is 464 g/mol. The minimum atomic E-state index is -0.438. The molecule has 0 aromatic heterocycles. The first-order valence-corrected chi connectivity index (χ1v) is 12.1. The molecule has 0 spiro atoms. The predicted molar refractivity (Wildman–Crippen MR) is 144 cm³/mol. The van der Waals surface area contributed by atoms with Crippen LogP contribution in [0.25, 0.3) is 0 Å². The van der Waals surface area contributed by atoms with E-state index in [2.05, 4.69) is 25.1 Å². The Hall–Kier alpha value is -4.38. The van der Waals surface area contributed by atoms with Gasteiger partial charge in [-0.05, 0) is 104 Å². The van der Waals surface area contributed by atoms with Crippen molar-refractivity contribution in [2.45, 2.75) is 33.6 Å². The minimum absolute atomic E-state index is 0.00104. The highest BCUT2D eigenvalue weighted by Crippen LogP contribution is 2.31. The van der Waals surface area contributed by atoms with E-state index >= 15 is 0 Å². The first kappa shape index (κ1) is 25.7. The summed E-state index contributed by atoms with van der Waals surface area (Å²) >= 11 is 0. The number of esters is 1. The van der Waals surface area contributed by atoms with Gasteiger partial charge in [0.25, 0.3) is 0 Å². The van der Waals surface area contributed by atoms with Gasteiger partial charge in [0.1, 0.15) is 23.0 Å². The van der Waals surface area contributed by atoms with Crippen molar-refractivity contribution < 1.29 is 23.8 Å². The highest BCUT2D eigenvalue weighted by molar-refractivity contribution is 5.94. The maximum atomic E-state index is 12.8. The van der Waals surface area contributed by atoms with Crippen molar-refractivity contribution in [1.82, 2.24) is 0 Å². The largest absolute Gasteiger partial charge is 0.496 e. The van der Waals surface area contributed by atoms with Crippen molar-refractivity contribution in [3.63, 3.8) is 0 Å². The lowest BCUT2D eigenvalue weighted by Crippen LogP contribution is -2.09. The lowest BCUT2D eigenvalue weighted by molar-refractivity contribution is 0.0733. The molecule has 1 unspecified atom stereocenters. The molecule has 4 aromatic carbocycles. The Labute approximate surface area is 217 Å². The summed E-state index contributed by atoms with van der Waals surface area (Å²) in [6.45, 7) is 7.65. The Morgan fingerprint density at radius 1 is 0.676 bits per heavy atom. The van der Waals surface area contributed by atoms with Crippen molar-refractivity contribution in [1.29, 1.82) is 0 Å². The summed E-state index contributed by atoms with van der Waals surface area (Å²) < 4.78 is 16.9. The molecule has 0 aliphatic rings. The lowest BCUT2D eigenvalue weighted by atomic mass is 9.91. The van der Waals surface area contributed by atoms with E-state index in [1.54, 1.807) is 55.6 Å². The van der Waals surface area contributed by atoms with Gasteiger partial charge in [0.15, 0.2) is 5.78 Å². The molecule has 0 amide bonds. The molecule has 4 rings (SSSR count). The second kappa shape index (κ2) is 11.1. The fourth-order valence-electron chi connectivity index (χ4n) is 4.13. The molecule has 0 saturated carbocycles. The molecule has 0 bridgehead atoms. The van der Waals surface area contributed by atoms with Crippen molar-refractivity contribution >= 4 is 11.8 Å². The van der Waals surface area contributed by atoms with E-state index in [1.165, 1.54) is 12.5 Å². The van der Waals surface area contributed by atoms with Crippen molar-refractivity contribution in [3.05, 3.63) is 118 Å². The van der Waals surface area contributed by atoms with Crippen LogP contribution in [-0.2, 0) is 0 Å². The molecule has 0 N–H and O–H groups in total. The summed E-state index contributed by atoms with van der Waals surface area (Å²) in [5.74, 6) is 2.33. The van der Waals surface area contributed by atoms with Crippen LogP contribution in [0.3, 0.4) is 0 Å². The van der Waals surface area contributed by atoms with Crippen LogP contribution in [0.1, 0.15) is 62.7 Å². The van der Waals surface area contributed by atoms with E-state index in [0.717, 1.165) is 22.4 Å². The van der Waals surface area contributed by atoms with Gasteiger partial charge in [-0.2, -0.15) is 0 Å². The van der Waals surface area contributed by atoms with E-state index in [1.807, 2.05) is 32.0 Å². The summed E-state index contributed by atoms with van der Waals surface area (Å²) in [7, 11) is 1.67. The maximum absolute atomic E-state index is 12.8. The van der Waals surface area contributed by atoms with Gasteiger partial charge in [-0.3, -0.25) is 4.79 Å². The van der Waals surface area contributed by atoms with Gasteiger partial charge in [-0.25, -0.2) is 4.79 Å². The third-order valence-electron chi connectivity index (χ3n) is 6.41. The number of ketones is 1. The average Bonchev–Trinajstić information content (AvgIpc) is 2.90. The molecule has 0 radical (unpaired) electrons. The highest BCUT2D eigenvalue weighted by Gasteiger charge is 2.15. The quantitative estimate of drug-likeness (QED) is 0.143. The zero-order valence-electron chi connectivity index (χ0n) is 21.7. The molecular formula is C32H30O5. The molecule has 1 atom stereocenters. The Morgan fingerprint density at radius 3 is 1.62 bits per heavy atom. The topological polar surface area (TPSA) is 61.8 Å². The van der Waals surface area contributed by atoms with Gasteiger partial charge < -0.3 is 14.2 Å². The number of carbonyl (C=O) groups is 2. The summed E-state index contributed by atoms with van der Waals surface area (Å²) in [6.07, 6.45) is 0. The normalized spacial score (nSPS) is 11.5. The van der Waals surface area contributed by atoms with Crippen LogP contribution in [0.15, 0.2) is 84.9 Å². The van der Waals surface area contributed by atoms with Gasteiger partial charge in [0.05, 0.1) is 12.7 Å². The molecule has 0 aliphatic carbocycles. The molecule has 188 valence electrons. The summed E-state index contributed by atoms with van der Waals surface area (Å²) in [5, 5.41) is 0. The molecule has 4 aromatic rings. The number of benzene rings is 4. The number of hydrogen-bond donors (Lipinski definition) is 0.